The minimum atomic E-state index is 0.897. The molecule has 1 aromatic heterocycles. The Hall–Kier alpha value is -7.42. The van der Waals surface area contributed by atoms with Gasteiger partial charge in [-0.1, -0.05) is 164 Å². The van der Waals surface area contributed by atoms with E-state index in [2.05, 4.69) is 217 Å². The summed E-state index contributed by atoms with van der Waals surface area (Å²) < 4.78 is 6.59. The zero-order chi connectivity index (χ0) is 37.0. The molecule has 0 saturated carbocycles. The van der Waals surface area contributed by atoms with Crippen molar-refractivity contribution in [3.63, 3.8) is 0 Å². The van der Waals surface area contributed by atoms with Gasteiger partial charge in [0.1, 0.15) is 11.2 Å². The van der Waals surface area contributed by atoms with Crippen molar-refractivity contribution in [3.05, 3.63) is 212 Å². The molecular formula is C54H35NO. The van der Waals surface area contributed by atoms with Gasteiger partial charge in [-0.25, -0.2) is 0 Å². The van der Waals surface area contributed by atoms with Crippen molar-refractivity contribution in [2.24, 2.45) is 0 Å². The van der Waals surface area contributed by atoms with Crippen LogP contribution < -0.4 is 4.90 Å². The van der Waals surface area contributed by atoms with E-state index in [0.717, 1.165) is 50.0 Å². The molecule has 0 unspecified atom stereocenters. The summed E-state index contributed by atoms with van der Waals surface area (Å²) in [6, 6.07) is 76.4. The van der Waals surface area contributed by atoms with Crippen LogP contribution in [-0.4, -0.2) is 0 Å². The van der Waals surface area contributed by atoms with E-state index in [0.29, 0.717) is 0 Å². The van der Waals surface area contributed by atoms with Crippen LogP contribution in [0.3, 0.4) is 0 Å². The summed E-state index contributed by atoms with van der Waals surface area (Å²) in [5.74, 6) is 0. The zero-order valence-corrected chi connectivity index (χ0v) is 30.6. The van der Waals surface area contributed by atoms with Crippen molar-refractivity contribution in [1.29, 1.82) is 0 Å². The van der Waals surface area contributed by atoms with Crippen LogP contribution >= 0.6 is 0 Å². The number of rotatable bonds is 6. The van der Waals surface area contributed by atoms with Gasteiger partial charge in [-0.2, -0.15) is 0 Å². The highest BCUT2D eigenvalue weighted by Crippen LogP contribution is 2.45. The van der Waals surface area contributed by atoms with Crippen LogP contribution in [0.4, 0.5) is 17.1 Å². The topological polar surface area (TPSA) is 16.4 Å². The number of hydrogen-bond acceptors (Lipinski definition) is 2. The van der Waals surface area contributed by atoms with E-state index >= 15 is 0 Å². The van der Waals surface area contributed by atoms with E-state index in [1.54, 1.807) is 0 Å². The van der Waals surface area contributed by atoms with Gasteiger partial charge in [0.15, 0.2) is 0 Å². The van der Waals surface area contributed by atoms with Crippen molar-refractivity contribution < 1.29 is 4.42 Å². The summed E-state index contributed by atoms with van der Waals surface area (Å²) in [6.07, 6.45) is 0. The lowest BCUT2D eigenvalue weighted by molar-refractivity contribution is 0.673. The summed E-state index contributed by atoms with van der Waals surface area (Å²) >= 11 is 0. The zero-order valence-electron chi connectivity index (χ0n) is 30.6. The smallest absolute Gasteiger partial charge is 0.143 e. The van der Waals surface area contributed by atoms with Crippen LogP contribution in [0.2, 0.25) is 0 Å². The van der Waals surface area contributed by atoms with E-state index in [9.17, 15) is 0 Å². The fraction of sp³-hybridized carbons (Fsp3) is 0. The van der Waals surface area contributed by atoms with Crippen LogP contribution in [0, 0.1) is 0 Å². The highest BCUT2D eigenvalue weighted by atomic mass is 16.3. The SMILES string of the molecule is c1ccc(-c2ccc(N(c3ccc(-c4cc5c6cc(-c7ccccc7)ccc6oc5c5ccccc45)cc3)c3cc4ccccc4c4ccccc34)cc2)cc1. The molecule has 0 spiro atoms. The normalized spacial score (nSPS) is 11.6. The first-order valence-electron chi connectivity index (χ1n) is 19.2. The Morgan fingerprint density at radius 3 is 1.52 bits per heavy atom. The summed E-state index contributed by atoms with van der Waals surface area (Å²) in [5.41, 5.74) is 12.3. The van der Waals surface area contributed by atoms with E-state index in [1.807, 2.05) is 0 Å². The molecule has 0 bridgehead atoms. The maximum Gasteiger partial charge on any atom is 0.143 e. The lowest BCUT2D eigenvalue weighted by atomic mass is 9.94. The van der Waals surface area contributed by atoms with Crippen LogP contribution in [-0.2, 0) is 0 Å². The molecule has 11 aromatic rings. The molecule has 0 aliphatic rings. The molecule has 0 atom stereocenters. The Labute approximate surface area is 325 Å². The second-order valence-corrected chi connectivity index (χ2v) is 14.5. The maximum absolute atomic E-state index is 6.59. The van der Waals surface area contributed by atoms with Crippen LogP contribution in [0.25, 0.3) is 87.6 Å². The molecule has 2 heteroatoms. The highest BCUT2D eigenvalue weighted by Gasteiger charge is 2.19. The standard InChI is InChI=1S/C54H35NO/c1-3-13-36(14-4-1)38-23-28-42(29-24-38)55(52-34-41-17-7-8-18-44(41)45-19-9-11-21-47(45)52)43-30-25-39(26-31-43)49-35-51-50-33-40(37-15-5-2-6-16-37)27-32-53(50)56-54(51)48-22-12-10-20-46(48)49/h1-35H. The fourth-order valence-corrected chi connectivity index (χ4v) is 8.52. The Kier molecular flexibility index (Phi) is 7.53. The quantitative estimate of drug-likeness (QED) is 0.160. The Balaban J connectivity index is 1.08. The summed E-state index contributed by atoms with van der Waals surface area (Å²) in [7, 11) is 0. The minimum absolute atomic E-state index is 0.897. The second kappa shape index (κ2) is 13.2. The lowest BCUT2D eigenvalue weighted by Crippen LogP contribution is -2.10. The third-order valence-corrected chi connectivity index (χ3v) is 11.2. The monoisotopic (exact) mass is 713 g/mol. The highest BCUT2D eigenvalue weighted by molar-refractivity contribution is 6.20. The van der Waals surface area contributed by atoms with Gasteiger partial charge in [0, 0.05) is 32.9 Å². The second-order valence-electron chi connectivity index (χ2n) is 14.5. The minimum Gasteiger partial charge on any atom is -0.455 e. The predicted octanol–water partition coefficient (Wildman–Crippen LogP) is 15.5. The van der Waals surface area contributed by atoms with E-state index in [-0.39, 0.29) is 0 Å². The molecule has 0 aliphatic carbocycles. The van der Waals surface area contributed by atoms with Gasteiger partial charge in [0.2, 0.25) is 0 Å². The molecule has 10 aromatic carbocycles. The molecule has 0 radical (unpaired) electrons. The molecule has 0 amide bonds. The molecule has 1 heterocycles. The summed E-state index contributed by atoms with van der Waals surface area (Å²) in [6.45, 7) is 0. The van der Waals surface area contributed by atoms with Crippen molar-refractivity contribution in [1.82, 2.24) is 0 Å². The van der Waals surface area contributed by atoms with Gasteiger partial charge in [0.25, 0.3) is 0 Å². The third-order valence-electron chi connectivity index (χ3n) is 11.2. The van der Waals surface area contributed by atoms with Crippen molar-refractivity contribution >= 4 is 71.3 Å². The lowest BCUT2D eigenvalue weighted by Gasteiger charge is -2.28. The fourth-order valence-electron chi connectivity index (χ4n) is 8.52. The first-order chi connectivity index (χ1) is 27.8. The predicted molar refractivity (Wildman–Crippen MR) is 237 cm³/mol. The molecular weight excluding hydrogens is 679 g/mol. The number of hydrogen-bond donors (Lipinski definition) is 0. The van der Waals surface area contributed by atoms with Gasteiger partial charge in [-0.05, 0) is 103 Å². The molecule has 56 heavy (non-hydrogen) atoms. The summed E-state index contributed by atoms with van der Waals surface area (Å²) in [5, 5.41) is 9.45. The van der Waals surface area contributed by atoms with Crippen LogP contribution in [0.5, 0.6) is 0 Å². The van der Waals surface area contributed by atoms with Gasteiger partial charge < -0.3 is 9.32 Å². The average molecular weight is 714 g/mol. The molecule has 2 nitrogen and oxygen atoms in total. The van der Waals surface area contributed by atoms with E-state index in [1.165, 1.54) is 54.7 Å². The van der Waals surface area contributed by atoms with Crippen LogP contribution in [0.15, 0.2) is 217 Å². The number of furan rings is 1. The van der Waals surface area contributed by atoms with Crippen molar-refractivity contribution in [2.45, 2.75) is 0 Å². The Bertz CT molecular complexity index is 3220. The third kappa shape index (κ3) is 5.34. The maximum atomic E-state index is 6.59. The number of fused-ring (bicyclic) bond motifs is 8. The number of nitrogens with zero attached hydrogens (tertiary/aromatic N) is 1. The Morgan fingerprint density at radius 1 is 0.304 bits per heavy atom. The van der Waals surface area contributed by atoms with Gasteiger partial charge >= 0.3 is 0 Å². The molecule has 0 saturated heterocycles. The first kappa shape index (κ1) is 32.0. The number of benzene rings is 10. The summed E-state index contributed by atoms with van der Waals surface area (Å²) in [4.78, 5) is 2.41. The largest absolute Gasteiger partial charge is 0.455 e. The Morgan fingerprint density at radius 2 is 0.821 bits per heavy atom. The van der Waals surface area contributed by atoms with Gasteiger partial charge in [-0.3, -0.25) is 0 Å². The van der Waals surface area contributed by atoms with Crippen molar-refractivity contribution in [3.8, 4) is 33.4 Å². The average Bonchev–Trinajstić information content (AvgIpc) is 3.65. The van der Waals surface area contributed by atoms with Gasteiger partial charge in [-0.15, -0.1) is 0 Å². The van der Waals surface area contributed by atoms with Crippen molar-refractivity contribution in [2.75, 3.05) is 4.90 Å². The number of anilines is 3. The van der Waals surface area contributed by atoms with Crippen LogP contribution in [0.1, 0.15) is 0 Å². The molecule has 0 fully saturated rings. The molecule has 0 aliphatic heterocycles. The van der Waals surface area contributed by atoms with Gasteiger partial charge in [0.05, 0.1) is 5.69 Å². The van der Waals surface area contributed by atoms with E-state index < -0.39 is 0 Å². The molecule has 262 valence electrons. The molecule has 0 N–H and O–H groups in total. The first-order valence-corrected chi connectivity index (χ1v) is 19.2. The van der Waals surface area contributed by atoms with E-state index in [4.69, 9.17) is 4.42 Å². The molecule has 11 rings (SSSR count).